The molecule has 2 aromatic rings. The number of carbonyl (C=O) groups excluding carboxylic acids is 1. The third-order valence-electron chi connectivity index (χ3n) is 4.22. The molecular weight excluding hydrogens is 416 g/mol. The third kappa shape index (κ3) is 4.21. The number of amides is 1. The molecule has 1 amide bonds. The summed E-state index contributed by atoms with van der Waals surface area (Å²) >= 11 is 3.11. The zero-order chi connectivity index (χ0) is 19.6. The molecule has 27 heavy (non-hydrogen) atoms. The molecular formula is C19H19BrN2O5. The largest absolute Gasteiger partial charge is 0.494 e. The Balaban J connectivity index is 1.78. The second kappa shape index (κ2) is 7.96. The molecule has 2 aromatic carbocycles. The summed E-state index contributed by atoms with van der Waals surface area (Å²) in [5, 5.41) is 13.8. The maximum absolute atomic E-state index is 12.4. The number of rotatable bonds is 6. The van der Waals surface area contributed by atoms with Gasteiger partial charge in [0.05, 0.1) is 16.0 Å². The Kier molecular flexibility index (Phi) is 5.65. The van der Waals surface area contributed by atoms with Crippen LogP contribution in [-0.4, -0.2) is 23.5 Å². The molecule has 0 saturated carbocycles. The molecule has 0 unspecified atom stereocenters. The number of nitrogens with one attached hydrogen (secondary N) is 1. The van der Waals surface area contributed by atoms with Gasteiger partial charge in [0.1, 0.15) is 17.6 Å². The van der Waals surface area contributed by atoms with Gasteiger partial charge < -0.3 is 14.8 Å². The molecule has 1 atom stereocenters. The highest BCUT2D eigenvalue weighted by atomic mass is 79.9. The molecule has 7 nitrogen and oxygen atoms in total. The summed E-state index contributed by atoms with van der Waals surface area (Å²) < 4.78 is 11.8. The topological polar surface area (TPSA) is 90.7 Å². The van der Waals surface area contributed by atoms with Crippen molar-refractivity contribution in [2.45, 2.75) is 32.9 Å². The molecule has 0 fully saturated rings. The zero-order valence-corrected chi connectivity index (χ0v) is 16.5. The van der Waals surface area contributed by atoms with E-state index < -0.39 is 10.8 Å². The van der Waals surface area contributed by atoms with E-state index in [1.54, 1.807) is 0 Å². The summed E-state index contributed by atoms with van der Waals surface area (Å²) in [6.45, 7) is 4.63. The molecule has 1 heterocycles. The molecule has 1 aliphatic rings. The van der Waals surface area contributed by atoms with Crippen molar-refractivity contribution in [1.29, 1.82) is 0 Å². The lowest BCUT2D eigenvalue weighted by Crippen LogP contribution is -2.23. The Morgan fingerprint density at radius 1 is 1.41 bits per heavy atom. The number of ether oxygens (including phenoxy) is 2. The van der Waals surface area contributed by atoms with Gasteiger partial charge in [0.15, 0.2) is 0 Å². The minimum Gasteiger partial charge on any atom is -0.494 e. The van der Waals surface area contributed by atoms with Gasteiger partial charge in [-0.2, -0.15) is 0 Å². The molecule has 0 saturated heterocycles. The fraction of sp³-hybridized carbons (Fsp3) is 0.316. The Morgan fingerprint density at radius 3 is 2.89 bits per heavy atom. The van der Waals surface area contributed by atoms with Gasteiger partial charge in [-0.15, -0.1) is 0 Å². The molecule has 0 aliphatic carbocycles. The molecule has 8 heteroatoms. The van der Waals surface area contributed by atoms with Gasteiger partial charge in [0, 0.05) is 35.7 Å². The summed E-state index contributed by atoms with van der Waals surface area (Å²) in [6, 6.07) is 8.10. The molecule has 0 radical (unpaired) electrons. The predicted octanol–water partition coefficient (Wildman–Crippen LogP) is 4.01. The molecule has 1 N–H and O–H groups in total. The summed E-state index contributed by atoms with van der Waals surface area (Å²) in [4.78, 5) is 22.9. The van der Waals surface area contributed by atoms with E-state index in [0.29, 0.717) is 16.8 Å². The number of benzene rings is 2. The second-order valence-corrected chi connectivity index (χ2v) is 7.09. The number of hydrogen-bond acceptors (Lipinski definition) is 5. The monoisotopic (exact) mass is 434 g/mol. The van der Waals surface area contributed by atoms with E-state index in [2.05, 4.69) is 21.2 Å². The average Bonchev–Trinajstić information content (AvgIpc) is 2.98. The van der Waals surface area contributed by atoms with Crippen molar-refractivity contribution in [1.82, 2.24) is 5.32 Å². The number of carbonyl (C=O) groups is 1. The van der Waals surface area contributed by atoms with Crippen molar-refractivity contribution in [2.75, 3.05) is 6.61 Å². The third-order valence-corrected chi connectivity index (χ3v) is 4.89. The van der Waals surface area contributed by atoms with Gasteiger partial charge >= 0.3 is 0 Å². The molecule has 0 aromatic heterocycles. The highest BCUT2D eigenvalue weighted by molar-refractivity contribution is 9.10. The first-order valence-corrected chi connectivity index (χ1v) is 9.35. The van der Waals surface area contributed by atoms with Crippen LogP contribution in [0.2, 0.25) is 0 Å². The standard InChI is InChI=1S/C19H19BrN2O5/c1-3-26-17-8-13-6-11(2)27-18(13)9-14(17)10-21-19(23)12-4-5-15(20)16(7-12)22(24)25/h4-5,7-9,11H,3,6,10H2,1-2H3,(H,21,23)/t11-/m0/s1. The lowest BCUT2D eigenvalue weighted by molar-refractivity contribution is -0.385. The Bertz CT molecular complexity index is 900. The van der Waals surface area contributed by atoms with Crippen LogP contribution >= 0.6 is 15.9 Å². The summed E-state index contributed by atoms with van der Waals surface area (Å²) in [6.07, 6.45) is 0.938. The average molecular weight is 435 g/mol. The molecule has 1 aliphatic heterocycles. The van der Waals surface area contributed by atoms with Crippen molar-refractivity contribution in [3.8, 4) is 11.5 Å². The van der Waals surface area contributed by atoms with E-state index in [-0.39, 0.29) is 23.9 Å². The van der Waals surface area contributed by atoms with E-state index in [4.69, 9.17) is 9.47 Å². The molecule has 3 rings (SSSR count). The number of halogens is 1. The maximum Gasteiger partial charge on any atom is 0.284 e. The van der Waals surface area contributed by atoms with Gasteiger partial charge in [0.2, 0.25) is 0 Å². The van der Waals surface area contributed by atoms with Crippen LogP contribution in [0.1, 0.15) is 35.3 Å². The maximum atomic E-state index is 12.4. The summed E-state index contributed by atoms with van der Waals surface area (Å²) in [5.74, 6) is 1.10. The van der Waals surface area contributed by atoms with E-state index in [1.807, 2.05) is 26.0 Å². The molecule has 142 valence electrons. The zero-order valence-electron chi connectivity index (χ0n) is 15.0. The summed E-state index contributed by atoms with van der Waals surface area (Å²) in [5.41, 5.74) is 1.95. The second-order valence-electron chi connectivity index (χ2n) is 6.24. The number of fused-ring (bicyclic) bond motifs is 1. The lowest BCUT2D eigenvalue weighted by atomic mass is 10.1. The van der Waals surface area contributed by atoms with Crippen molar-refractivity contribution in [2.24, 2.45) is 0 Å². The van der Waals surface area contributed by atoms with Crippen LogP contribution in [0.4, 0.5) is 5.69 Å². The molecule has 0 bridgehead atoms. The van der Waals surface area contributed by atoms with Crippen LogP contribution in [0.15, 0.2) is 34.8 Å². The van der Waals surface area contributed by atoms with Gasteiger partial charge in [-0.05, 0) is 54.0 Å². The van der Waals surface area contributed by atoms with E-state index in [0.717, 1.165) is 23.3 Å². The number of nitro benzene ring substituents is 1. The Morgan fingerprint density at radius 2 is 2.19 bits per heavy atom. The number of nitro groups is 1. The number of nitrogens with zero attached hydrogens (tertiary/aromatic N) is 1. The summed E-state index contributed by atoms with van der Waals surface area (Å²) in [7, 11) is 0. The van der Waals surface area contributed by atoms with Gasteiger partial charge in [-0.1, -0.05) is 0 Å². The van der Waals surface area contributed by atoms with Crippen LogP contribution in [-0.2, 0) is 13.0 Å². The van der Waals surface area contributed by atoms with Gasteiger partial charge in [0.25, 0.3) is 11.6 Å². The first-order valence-electron chi connectivity index (χ1n) is 8.56. The number of hydrogen-bond donors (Lipinski definition) is 1. The molecule has 0 spiro atoms. The SMILES string of the molecule is CCOc1cc2c(cc1CNC(=O)c1ccc(Br)c([N+](=O)[O-])c1)O[C@@H](C)C2. The van der Waals surface area contributed by atoms with Crippen LogP contribution < -0.4 is 14.8 Å². The fourth-order valence-corrected chi connectivity index (χ4v) is 3.37. The van der Waals surface area contributed by atoms with Crippen LogP contribution in [0.3, 0.4) is 0 Å². The van der Waals surface area contributed by atoms with E-state index >= 15 is 0 Å². The fourth-order valence-electron chi connectivity index (χ4n) is 2.98. The van der Waals surface area contributed by atoms with Crippen LogP contribution in [0, 0.1) is 10.1 Å². The Labute approximate surface area is 164 Å². The van der Waals surface area contributed by atoms with Crippen molar-refractivity contribution in [3.05, 3.63) is 61.6 Å². The van der Waals surface area contributed by atoms with Gasteiger partial charge in [-0.3, -0.25) is 14.9 Å². The first-order chi connectivity index (χ1) is 12.9. The normalized spacial score (nSPS) is 15.0. The lowest BCUT2D eigenvalue weighted by Gasteiger charge is -2.13. The van der Waals surface area contributed by atoms with Gasteiger partial charge in [-0.25, -0.2) is 0 Å². The van der Waals surface area contributed by atoms with Crippen LogP contribution in [0.25, 0.3) is 0 Å². The smallest absolute Gasteiger partial charge is 0.284 e. The predicted molar refractivity (Wildman–Crippen MR) is 103 cm³/mol. The quantitative estimate of drug-likeness (QED) is 0.547. The minimum atomic E-state index is -0.535. The van der Waals surface area contributed by atoms with Crippen molar-refractivity contribution < 1.29 is 19.2 Å². The van der Waals surface area contributed by atoms with E-state index in [1.165, 1.54) is 18.2 Å². The highest BCUT2D eigenvalue weighted by Gasteiger charge is 2.22. The minimum absolute atomic E-state index is 0.114. The van der Waals surface area contributed by atoms with Crippen LogP contribution in [0.5, 0.6) is 11.5 Å². The highest BCUT2D eigenvalue weighted by Crippen LogP contribution is 2.35. The van der Waals surface area contributed by atoms with Crippen molar-refractivity contribution >= 4 is 27.5 Å². The van der Waals surface area contributed by atoms with Crippen molar-refractivity contribution in [3.63, 3.8) is 0 Å². The van der Waals surface area contributed by atoms with E-state index in [9.17, 15) is 14.9 Å². The first kappa shape index (κ1) is 19.2. The Hall–Kier alpha value is -2.61.